The summed E-state index contributed by atoms with van der Waals surface area (Å²) in [5, 5.41) is 20.3. The molecule has 0 aromatic carbocycles. The Bertz CT molecular complexity index is 721. The van der Waals surface area contributed by atoms with Crippen LogP contribution in [-0.4, -0.2) is 40.8 Å². The lowest BCUT2D eigenvalue weighted by Crippen LogP contribution is -2.57. The second-order valence-electron chi connectivity index (χ2n) is 10.8. The Morgan fingerprint density at radius 3 is 2.46 bits per heavy atom. The minimum absolute atomic E-state index is 0.0126. The summed E-state index contributed by atoms with van der Waals surface area (Å²) in [6.45, 7) is 7.85. The molecule has 0 bridgehead atoms. The monoisotopic (exact) mass is 390 g/mol. The van der Waals surface area contributed by atoms with Gasteiger partial charge in [0.15, 0.2) is 11.6 Å². The van der Waals surface area contributed by atoms with Crippen molar-refractivity contribution in [3.8, 4) is 0 Å². The molecule has 156 valence electrons. The molecule has 6 atom stereocenters. The Balaban J connectivity index is 1.50. The molecule has 5 heteroatoms. The molecule has 0 spiro atoms. The Kier molecular flexibility index (Phi) is 4.05. The molecule has 28 heavy (non-hydrogen) atoms. The summed E-state index contributed by atoms with van der Waals surface area (Å²) in [6, 6.07) is 0. The van der Waals surface area contributed by atoms with Crippen LogP contribution in [0.2, 0.25) is 0 Å². The van der Waals surface area contributed by atoms with Crippen LogP contribution in [0.5, 0.6) is 0 Å². The Labute approximate surface area is 167 Å². The van der Waals surface area contributed by atoms with Crippen molar-refractivity contribution in [2.24, 2.45) is 34.5 Å². The van der Waals surface area contributed by atoms with Gasteiger partial charge in [0.2, 0.25) is 0 Å². The average Bonchev–Trinajstić information content (AvgIpc) is 3.19. The molecule has 4 aliphatic carbocycles. The molecule has 1 saturated heterocycles. The van der Waals surface area contributed by atoms with Gasteiger partial charge in [-0.2, -0.15) is 0 Å². The van der Waals surface area contributed by atoms with Crippen molar-refractivity contribution in [1.29, 1.82) is 0 Å². The molecule has 0 radical (unpaired) electrons. The average molecular weight is 391 g/mol. The molecule has 2 N–H and O–H groups in total. The summed E-state index contributed by atoms with van der Waals surface area (Å²) in [6.07, 6.45) is 7.19. The van der Waals surface area contributed by atoms with E-state index in [0.29, 0.717) is 50.1 Å². The van der Waals surface area contributed by atoms with Crippen LogP contribution in [0.25, 0.3) is 0 Å². The van der Waals surface area contributed by atoms with Gasteiger partial charge in [-0.3, -0.25) is 4.79 Å². The summed E-state index contributed by atoms with van der Waals surface area (Å²) < 4.78 is 12.1. The van der Waals surface area contributed by atoms with E-state index < -0.39 is 11.6 Å². The normalized spacial score (nSPS) is 49.2. The minimum atomic E-state index is -1.62. The third-order valence-corrected chi connectivity index (χ3v) is 9.32. The van der Waals surface area contributed by atoms with Crippen LogP contribution in [-0.2, 0) is 14.3 Å². The lowest BCUT2D eigenvalue weighted by Gasteiger charge is -2.58. The van der Waals surface area contributed by atoms with Crippen molar-refractivity contribution >= 4 is 5.78 Å². The first-order chi connectivity index (χ1) is 13.1. The van der Waals surface area contributed by atoms with Crippen LogP contribution in [0.4, 0.5) is 0 Å². The molecular formula is C23H34O5. The fraction of sp³-hybridized carbons (Fsp3) is 0.870. The van der Waals surface area contributed by atoms with E-state index in [1.54, 1.807) is 0 Å². The van der Waals surface area contributed by atoms with Crippen LogP contribution >= 0.6 is 0 Å². The van der Waals surface area contributed by atoms with Gasteiger partial charge in [0.25, 0.3) is 0 Å². The number of carbonyl (C=O) groups is 1. The van der Waals surface area contributed by atoms with Gasteiger partial charge in [0, 0.05) is 31.1 Å². The SMILES string of the molecule is CC1(C2CCC3C4CC=C5CC(O)(O)CCC5(C)C4C(=O)CC32C)OCCO1. The van der Waals surface area contributed by atoms with Crippen molar-refractivity contribution in [2.75, 3.05) is 13.2 Å². The van der Waals surface area contributed by atoms with Crippen molar-refractivity contribution in [2.45, 2.75) is 77.3 Å². The van der Waals surface area contributed by atoms with E-state index >= 15 is 0 Å². The largest absolute Gasteiger partial charge is 0.365 e. The molecule has 3 saturated carbocycles. The Morgan fingerprint density at radius 1 is 1.04 bits per heavy atom. The molecule has 1 aliphatic heterocycles. The van der Waals surface area contributed by atoms with Gasteiger partial charge in [0.1, 0.15) is 5.78 Å². The van der Waals surface area contributed by atoms with Gasteiger partial charge in [0.05, 0.1) is 13.2 Å². The number of Topliss-reactive ketones (excluding diaryl/α,β-unsaturated/α-hetero) is 1. The predicted octanol–water partition coefficient (Wildman–Crippen LogP) is 3.19. The van der Waals surface area contributed by atoms with Crippen LogP contribution < -0.4 is 0 Å². The zero-order chi connectivity index (χ0) is 19.9. The zero-order valence-electron chi connectivity index (χ0n) is 17.4. The molecule has 5 aliphatic rings. The van der Waals surface area contributed by atoms with Gasteiger partial charge >= 0.3 is 0 Å². The predicted molar refractivity (Wildman–Crippen MR) is 103 cm³/mol. The molecule has 6 unspecified atom stereocenters. The lowest BCUT2D eigenvalue weighted by atomic mass is 9.46. The Morgan fingerprint density at radius 2 is 1.75 bits per heavy atom. The van der Waals surface area contributed by atoms with Gasteiger partial charge < -0.3 is 19.7 Å². The number of hydrogen-bond acceptors (Lipinski definition) is 5. The topological polar surface area (TPSA) is 76.0 Å². The minimum Gasteiger partial charge on any atom is -0.365 e. The van der Waals surface area contributed by atoms with E-state index in [0.717, 1.165) is 24.8 Å². The quantitative estimate of drug-likeness (QED) is 0.531. The molecule has 5 nitrogen and oxygen atoms in total. The van der Waals surface area contributed by atoms with Crippen LogP contribution in [0.15, 0.2) is 11.6 Å². The molecule has 0 amide bonds. The Hall–Kier alpha value is -0.750. The zero-order valence-corrected chi connectivity index (χ0v) is 17.4. The highest BCUT2D eigenvalue weighted by Crippen LogP contribution is 2.67. The molecule has 1 heterocycles. The first-order valence-electron chi connectivity index (χ1n) is 11.0. The fourth-order valence-corrected chi connectivity index (χ4v) is 8.05. The van der Waals surface area contributed by atoms with Crippen molar-refractivity contribution in [3.05, 3.63) is 11.6 Å². The van der Waals surface area contributed by atoms with Crippen molar-refractivity contribution in [3.63, 3.8) is 0 Å². The summed E-state index contributed by atoms with van der Waals surface area (Å²) in [4.78, 5) is 13.6. The molecular weight excluding hydrogens is 356 g/mol. The van der Waals surface area contributed by atoms with Crippen molar-refractivity contribution in [1.82, 2.24) is 0 Å². The number of carbonyl (C=O) groups excluding carboxylic acids is 1. The number of aliphatic hydroxyl groups is 2. The van der Waals surface area contributed by atoms with E-state index in [9.17, 15) is 15.0 Å². The van der Waals surface area contributed by atoms with Gasteiger partial charge in [-0.05, 0) is 55.3 Å². The van der Waals surface area contributed by atoms with Gasteiger partial charge in [-0.15, -0.1) is 0 Å². The maximum Gasteiger partial charge on any atom is 0.169 e. The highest BCUT2D eigenvalue weighted by molar-refractivity contribution is 5.85. The van der Waals surface area contributed by atoms with Crippen LogP contribution in [0.1, 0.15) is 65.7 Å². The van der Waals surface area contributed by atoms with E-state index in [2.05, 4.69) is 26.8 Å². The smallest absolute Gasteiger partial charge is 0.169 e. The third kappa shape index (κ3) is 2.49. The summed E-state index contributed by atoms with van der Waals surface area (Å²) in [5.74, 6) is -0.700. The van der Waals surface area contributed by atoms with E-state index in [1.807, 2.05) is 0 Å². The molecule has 0 aromatic heterocycles. The third-order valence-electron chi connectivity index (χ3n) is 9.32. The summed E-state index contributed by atoms with van der Waals surface area (Å²) in [7, 11) is 0. The first kappa shape index (κ1) is 19.2. The van der Waals surface area contributed by atoms with Gasteiger partial charge in [-0.25, -0.2) is 0 Å². The summed E-state index contributed by atoms with van der Waals surface area (Å²) in [5.41, 5.74) is 0.787. The fourth-order valence-electron chi connectivity index (χ4n) is 8.05. The number of hydrogen-bond donors (Lipinski definition) is 2. The van der Waals surface area contributed by atoms with E-state index in [-0.39, 0.29) is 29.1 Å². The maximum atomic E-state index is 13.6. The number of fused-ring (bicyclic) bond motifs is 5. The standard InChI is InChI=1S/C23H34O5/c1-20-8-9-23(25,26)12-14(20)4-5-15-16-6-7-18(22(3)27-10-11-28-22)21(16,2)13-17(24)19(15)20/h4,15-16,18-19,25-26H,5-13H2,1-3H3. The molecule has 5 rings (SSSR count). The number of ether oxygens (including phenoxy) is 2. The number of rotatable bonds is 1. The van der Waals surface area contributed by atoms with Crippen molar-refractivity contribution < 1.29 is 24.5 Å². The van der Waals surface area contributed by atoms with Gasteiger partial charge in [-0.1, -0.05) is 25.5 Å². The van der Waals surface area contributed by atoms with Crippen LogP contribution in [0.3, 0.4) is 0 Å². The molecule has 0 aromatic rings. The first-order valence-corrected chi connectivity index (χ1v) is 11.0. The second kappa shape index (κ2) is 5.90. The second-order valence-corrected chi connectivity index (χ2v) is 10.8. The lowest BCUT2D eigenvalue weighted by molar-refractivity contribution is -0.215. The number of allylic oxidation sites excluding steroid dienone is 1. The van der Waals surface area contributed by atoms with Crippen LogP contribution in [0, 0.1) is 34.5 Å². The molecule has 4 fully saturated rings. The summed E-state index contributed by atoms with van der Waals surface area (Å²) >= 11 is 0. The highest BCUT2D eigenvalue weighted by Gasteiger charge is 2.65. The van der Waals surface area contributed by atoms with E-state index in [1.165, 1.54) is 0 Å². The van der Waals surface area contributed by atoms with E-state index in [4.69, 9.17) is 9.47 Å². The number of ketones is 1. The highest BCUT2D eigenvalue weighted by atomic mass is 16.7. The maximum absolute atomic E-state index is 13.6.